The molecule has 0 radical (unpaired) electrons. The molecule has 0 spiro atoms. The minimum absolute atomic E-state index is 0.461. The molecule has 2 N–H and O–H groups in total. The smallest absolute Gasteiger partial charge is 0.191 e. The number of aliphatic imine (C=N–C) groups is 1. The zero-order valence-electron chi connectivity index (χ0n) is 14.2. The van der Waals surface area contributed by atoms with E-state index in [2.05, 4.69) is 44.8 Å². The second-order valence-corrected chi connectivity index (χ2v) is 6.74. The Morgan fingerprint density at radius 1 is 1.25 bits per heavy atom. The van der Waals surface area contributed by atoms with Crippen LogP contribution in [-0.2, 0) is 13.1 Å². The van der Waals surface area contributed by atoms with E-state index in [0.29, 0.717) is 19.0 Å². The first-order chi connectivity index (χ1) is 11.7. The number of rotatable bonds is 5. The fourth-order valence-electron chi connectivity index (χ4n) is 2.30. The second-order valence-electron chi connectivity index (χ2n) is 5.80. The summed E-state index contributed by atoms with van der Waals surface area (Å²) in [6.07, 6.45) is 4.01. The van der Waals surface area contributed by atoms with E-state index >= 15 is 0 Å². The Morgan fingerprint density at radius 2 is 2.08 bits per heavy atom. The maximum atomic E-state index is 4.62. The Balaban J connectivity index is 1.54. The largest absolute Gasteiger partial charge is 0.351 e. The summed E-state index contributed by atoms with van der Waals surface area (Å²) in [7, 11) is 1.76. The summed E-state index contributed by atoms with van der Waals surface area (Å²) in [6, 6.07) is 5.97. The van der Waals surface area contributed by atoms with E-state index in [-0.39, 0.29) is 0 Å². The van der Waals surface area contributed by atoms with Gasteiger partial charge >= 0.3 is 0 Å². The summed E-state index contributed by atoms with van der Waals surface area (Å²) < 4.78 is 2.01. The maximum absolute atomic E-state index is 4.62. The molecule has 0 saturated heterocycles. The molecule has 3 aromatic rings. The number of guanidine groups is 1. The van der Waals surface area contributed by atoms with Crippen LogP contribution in [0.2, 0.25) is 0 Å². The predicted octanol–water partition coefficient (Wildman–Crippen LogP) is 2.78. The lowest BCUT2D eigenvalue weighted by atomic mass is 10.2. The van der Waals surface area contributed by atoms with Crippen molar-refractivity contribution < 1.29 is 0 Å². The highest BCUT2D eigenvalue weighted by molar-refractivity contribution is 7.09. The number of pyridine rings is 1. The summed E-state index contributed by atoms with van der Waals surface area (Å²) in [4.78, 5) is 13.4. The fraction of sp³-hybridized carbons (Fsp3) is 0.353. The quantitative estimate of drug-likeness (QED) is 0.553. The predicted molar refractivity (Wildman–Crippen MR) is 98.4 cm³/mol. The Kier molecular flexibility index (Phi) is 5.10. The van der Waals surface area contributed by atoms with Gasteiger partial charge in [-0.25, -0.2) is 9.97 Å². The maximum Gasteiger partial charge on any atom is 0.191 e. The molecule has 0 aliphatic heterocycles. The number of imidazole rings is 1. The van der Waals surface area contributed by atoms with Gasteiger partial charge in [0.05, 0.1) is 24.5 Å². The Labute approximate surface area is 145 Å². The third kappa shape index (κ3) is 3.91. The number of hydrogen-bond acceptors (Lipinski definition) is 4. The van der Waals surface area contributed by atoms with Crippen molar-refractivity contribution in [3.05, 3.63) is 52.4 Å². The summed E-state index contributed by atoms with van der Waals surface area (Å²) in [5.74, 6) is 1.20. The monoisotopic (exact) mass is 342 g/mol. The molecule has 0 atom stereocenters. The van der Waals surface area contributed by atoms with Crippen LogP contribution in [0.3, 0.4) is 0 Å². The third-order valence-electron chi connectivity index (χ3n) is 3.64. The summed E-state index contributed by atoms with van der Waals surface area (Å²) in [5, 5.41) is 9.76. The van der Waals surface area contributed by atoms with E-state index in [1.165, 1.54) is 0 Å². The van der Waals surface area contributed by atoms with Crippen molar-refractivity contribution in [1.82, 2.24) is 25.0 Å². The number of hydrogen-bond donors (Lipinski definition) is 2. The van der Waals surface area contributed by atoms with Crippen LogP contribution in [0.25, 0.3) is 5.65 Å². The van der Waals surface area contributed by atoms with Crippen molar-refractivity contribution in [2.75, 3.05) is 7.05 Å². The Morgan fingerprint density at radius 3 is 2.79 bits per heavy atom. The van der Waals surface area contributed by atoms with Crippen molar-refractivity contribution in [2.24, 2.45) is 4.99 Å². The molecule has 0 unspecified atom stereocenters. The highest BCUT2D eigenvalue weighted by Gasteiger charge is 2.07. The van der Waals surface area contributed by atoms with Crippen LogP contribution in [0, 0.1) is 0 Å². The zero-order chi connectivity index (χ0) is 16.9. The number of aromatic nitrogens is 3. The zero-order valence-corrected chi connectivity index (χ0v) is 15.0. The van der Waals surface area contributed by atoms with Gasteiger partial charge in [-0.15, -0.1) is 11.3 Å². The molecule has 0 aromatic carbocycles. The average Bonchev–Trinajstić information content (AvgIpc) is 3.21. The van der Waals surface area contributed by atoms with Gasteiger partial charge in [-0.05, 0) is 18.1 Å². The van der Waals surface area contributed by atoms with Crippen LogP contribution < -0.4 is 10.6 Å². The van der Waals surface area contributed by atoms with Gasteiger partial charge in [0.2, 0.25) is 0 Å². The first-order valence-electron chi connectivity index (χ1n) is 7.97. The molecule has 0 bridgehead atoms. The Hall–Kier alpha value is -2.41. The molecule has 0 aliphatic rings. The molecule has 3 aromatic heterocycles. The number of nitrogens with one attached hydrogen (secondary N) is 2. The molecule has 0 aliphatic carbocycles. The van der Waals surface area contributed by atoms with Crippen LogP contribution in [0.15, 0.2) is 41.0 Å². The summed E-state index contributed by atoms with van der Waals surface area (Å²) >= 11 is 1.68. The normalized spacial score (nSPS) is 12.1. The van der Waals surface area contributed by atoms with E-state index in [1.807, 2.05) is 35.0 Å². The molecule has 0 saturated carbocycles. The summed E-state index contributed by atoms with van der Waals surface area (Å²) in [6.45, 7) is 5.60. The van der Waals surface area contributed by atoms with Crippen molar-refractivity contribution in [3.8, 4) is 0 Å². The van der Waals surface area contributed by atoms with Gasteiger partial charge in [-0.2, -0.15) is 0 Å². The molecular weight excluding hydrogens is 320 g/mol. The lowest BCUT2D eigenvalue weighted by Gasteiger charge is -2.09. The lowest BCUT2D eigenvalue weighted by molar-refractivity contribution is 0.780. The fourth-order valence-corrected chi connectivity index (χ4v) is 3.19. The standard InChI is InChI=1S/C17H22N6S/c1-12(2)14-11-24-16(22-14)9-20-17(18-3)19-8-13-10-23-7-5-4-6-15(23)21-13/h4-7,10-12H,8-9H2,1-3H3,(H2,18,19,20). The average molecular weight is 342 g/mol. The lowest BCUT2D eigenvalue weighted by Crippen LogP contribution is -2.36. The van der Waals surface area contributed by atoms with Gasteiger partial charge in [0.1, 0.15) is 10.7 Å². The molecule has 3 rings (SSSR count). The molecule has 24 heavy (non-hydrogen) atoms. The Bertz CT molecular complexity index is 799. The number of fused-ring (bicyclic) bond motifs is 1. The first-order valence-corrected chi connectivity index (χ1v) is 8.85. The van der Waals surface area contributed by atoms with Crippen molar-refractivity contribution in [3.63, 3.8) is 0 Å². The molecule has 6 nitrogen and oxygen atoms in total. The first kappa shape index (κ1) is 16.4. The van der Waals surface area contributed by atoms with Gasteiger partial charge in [-0.1, -0.05) is 19.9 Å². The topological polar surface area (TPSA) is 66.6 Å². The summed E-state index contributed by atoms with van der Waals surface area (Å²) in [5.41, 5.74) is 3.06. The molecule has 7 heteroatoms. The minimum Gasteiger partial charge on any atom is -0.351 e. The third-order valence-corrected chi connectivity index (χ3v) is 4.51. The van der Waals surface area contributed by atoms with Crippen LogP contribution in [-0.4, -0.2) is 27.4 Å². The van der Waals surface area contributed by atoms with Crippen molar-refractivity contribution in [1.29, 1.82) is 0 Å². The van der Waals surface area contributed by atoms with E-state index in [9.17, 15) is 0 Å². The van der Waals surface area contributed by atoms with E-state index < -0.39 is 0 Å². The van der Waals surface area contributed by atoms with Gasteiger partial charge in [-0.3, -0.25) is 4.99 Å². The SMILES string of the molecule is CN=C(NCc1cn2ccccc2n1)NCc1nc(C(C)C)cs1. The van der Waals surface area contributed by atoms with E-state index in [4.69, 9.17) is 0 Å². The van der Waals surface area contributed by atoms with Gasteiger partial charge in [0.25, 0.3) is 0 Å². The van der Waals surface area contributed by atoms with Gasteiger partial charge in [0, 0.05) is 24.8 Å². The van der Waals surface area contributed by atoms with E-state index in [0.717, 1.165) is 28.0 Å². The van der Waals surface area contributed by atoms with Crippen molar-refractivity contribution in [2.45, 2.75) is 32.9 Å². The molecule has 0 fully saturated rings. The molecule has 3 heterocycles. The van der Waals surface area contributed by atoms with Crippen molar-refractivity contribution >= 4 is 22.9 Å². The molecule has 0 amide bonds. The van der Waals surface area contributed by atoms with Gasteiger partial charge in [0.15, 0.2) is 5.96 Å². The highest BCUT2D eigenvalue weighted by atomic mass is 32.1. The molecule has 126 valence electrons. The van der Waals surface area contributed by atoms with Crippen LogP contribution in [0.4, 0.5) is 0 Å². The van der Waals surface area contributed by atoms with E-state index in [1.54, 1.807) is 18.4 Å². The second kappa shape index (κ2) is 7.44. The van der Waals surface area contributed by atoms with Crippen LogP contribution in [0.1, 0.15) is 36.2 Å². The number of thiazole rings is 1. The number of nitrogens with zero attached hydrogens (tertiary/aromatic N) is 4. The van der Waals surface area contributed by atoms with Crippen LogP contribution >= 0.6 is 11.3 Å². The van der Waals surface area contributed by atoms with Gasteiger partial charge < -0.3 is 15.0 Å². The highest BCUT2D eigenvalue weighted by Crippen LogP contribution is 2.17. The minimum atomic E-state index is 0.461. The van der Waals surface area contributed by atoms with Crippen LogP contribution in [0.5, 0.6) is 0 Å². The molecular formula is C17H22N6S.